The quantitative estimate of drug-likeness (QED) is 0.834. The molecule has 3 rings (SSSR count). The molecule has 0 radical (unpaired) electrons. The van der Waals surface area contributed by atoms with Crippen molar-refractivity contribution in [3.63, 3.8) is 0 Å². The van der Waals surface area contributed by atoms with Crippen molar-refractivity contribution in [1.29, 1.82) is 0 Å². The number of aromatic nitrogens is 2. The molecule has 7 nitrogen and oxygen atoms in total. The molecular weight excluding hydrogens is 294 g/mol. The van der Waals surface area contributed by atoms with Crippen LogP contribution in [0.2, 0.25) is 0 Å². The van der Waals surface area contributed by atoms with Gasteiger partial charge in [0.1, 0.15) is 0 Å². The van der Waals surface area contributed by atoms with Crippen LogP contribution in [0, 0.1) is 0 Å². The molecule has 0 spiro atoms. The van der Waals surface area contributed by atoms with Gasteiger partial charge in [-0.15, -0.1) is 0 Å². The Kier molecular flexibility index (Phi) is 3.75. The summed E-state index contributed by atoms with van der Waals surface area (Å²) < 4.78 is 30.6. The van der Waals surface area contributed by atoms with E-state index < -0.39 is 9.84 Å². The van der Waals surface area contributed by atoms with Crippen molar-refractivity contribution in [1.82, 2.24) is 15.1 Å². The zero-order valence-electron chi connectivity index (χ0n) is 12.0. The van der Waals surface area contributed by atoms with Crippen molar-refractivity contribution in [3.05, 3.63) is 17.0 Å². The van der Waals surface area contributed by atoms with Gasteiger partial charge >= 0.3 is 0 Å². The first-order valence-electron chi connectivity index (χ1n) is 7.11. The first-order chi connectivity index (χ1) is 9.96. The molecule has 116 valence electrons. The fraction of sp³-hybridized carbons (Fsp3) is 0.692. The van der Waals surface area contributed by atoms with Crippen LogP contribution >= 0.6 is 0 Å². The highest BCUT2D eigenvalue weighted by Gasteiger charge is 2.30. The van der Waals surface area contributed by atoms with E-state index in [2.05, 4.69) is 10.4 Å². The number of sulfone groups is 1. The number of carbonyl (C=O) groups is 1. The Bertz CT molecular complexity index is 659. The van der Waals surface area contributed by atoms with E-state index in [9.17, 15) is 13.2 Å². The van der Waals surface area contributed by atoms with E-state index in [4.69, 9.17) is 4.74 Å². The summed E-state index contributed by atoms with van der Waals surface area (Å²) >= 11 is 0. The second kappa shape index (κ2) is 5.42. The molecule has 3 heterocycles. The summed E-state index contributed by atoms with van der Waals surface area (Å²) in [4.78, 5) is 12.3. The largest absolute Gasteiger partial charge is 0.376 e. The molecule has 0 unspecified atom stereocenters. The number of fused-ring (bicyclic) bond motifs is 1. The molecule has 0 aromatic carbocycles. The average molecular weight is 313 g/mol. The number of hydrogen-bond donors (Lipinski definition) is 1. The number of nitrogens with one attached hydrogen (secondary N) is 1. The molecular formula is C13H19N3O4S. The number of ether oxygens (including phenoxy) is 1. The first kappa shape index (κ1) is 14.5. The SMILES string of the molecule is Cn1nc(C(=O)NC[C@H]2CCCO2)c2c1CCS(=O)(=O)C2. The van der Waals surface area contributed by atoms with Gasteiger partial charge in [-0.1, -0.05) is 0 Å². The minimum Gasteiger partial charge on any atom is -0.376 e. The van der Waals surface area contributed by atoms with Gasteiger partial charge in [-0.25, -0.2) is 8.42 Å². The molecule has 1 aromatic heterocycles. The van der Waals surface area contributed by atoms with Gasteiger partial charge in [0.05, 0.1) is 17.6 Å². The maximum atomic E-state index is 12.3. The van der Waals surface area contributed by atoms with Crippen LogP contribution in [0.3, 0.4) is 0 Å². The Morgan fingerprint density at radius 2 is 2.33 bits per heavy atom. The van der Waals surface area contributed by atoms with E-state index >= 15 is 0 Å². The van der Waals surface area contributed by atoms with Gasteiger partial charge < -0.3 is 10.1 Å². The maximum absolute atomic E-state index is 12.3. The molecule has 1 saturated heterocycles. The molecule has 2 aliphatic heterocycles. The third kappa shape index (κ3) is 2.96. The van der Waals surface area contributed by atoms with Crippen LogP contribution in [-0.2, 0) is 33.8 Å². The summed E-state index contributed by atoms with van der Waals surface area (Å²) in [5.41, 5.74) is 1.62. The van der Waals surface area contributed by atoms with Crippen molar-refractivity contribution >= 4 is 15.7 Å². The smallest absolute Gasteiger partial charge is 0.272 e. The molecule has 1 atom stereocenters. The monoisotopic (exact) mass is 313 g/mol. The summed E-state index contributed by atoms with van der Waals surface area (Å²) in [5.74, 6) is -0.297. The zero-order valence-corrected chi connectivity index (χ0v) is 12.8. The number of nitrogens with zero attached hydrogens (tertiary/aromatic N) is 2. The van der Waals surface area contributed by atoms with Gasteiger partial charge in [0.2, 0.25) is 0 Å². The minimum absolute atomic E-state index is 0.0530. The van der Waals surface area contributed by atoms with Crippen LogP contribution in [0.15, 0.2) is 0 Å². The van der Waals surface area contributed by atoms with Crippen LogP contribution in [0.1, 0.15) is 34.6 Å². The van der Waals surface area contributed by atoms with Crippen LogP contribution in [-0.4, -0.2) is 49.1 Å². The normalized spacial score (nSPS) is 23.8. The third-order valence-electron chi connectivity index (χ3n) is 4.02. The summed E-state index contributed by atoms with van der Waals surface area (Å²) in [6, 6.07) is 0. The Labute approximate surface area is 123 Å². The van der Waals surface area contributed by atoms with E-state index in [1.165, 1.54) is 0 Å². The molecule has 1 aromatic rings. The van der Waals surface area contributed by atoms with Gasteiger partial charge in [0.25, 0.3) is 5.91 Å². The molecule has 21 heavy (non-hydrogen) atoms. The predicted octanol–water partition coefficient (Wildman–Crippen LogP) is -0.200. The van der Waals surface area contributed by atoms with Crippen LogP contribution in [0.4, 0.5) is 0 Å². The summed E-state index contributed by atoms with van der Waals surface area (Å²) in [6.07, 6.45) is 2.42. The van der Waals surface area contributed by atoms with Crippen LogP contribution in [0.5, 0.6) is 0 Å². The molecule has 0 bridgehead atoms. The minimum atomic E-state index is -3.13. The number of rotatable bonds is 3. The molecule has 0 aliphatic carbocycles. The highest BCUT2D eigenvalue weighted by atomic mass is 32.2. The van der Waals surface area contributed by atoms with Crippen molar-refractivity contribution < 1.29 is 17.9 Å². The Balaban J connectivity index is 1.77. The van der Waals surface area contributed by atoms with Gasteiger partial charge in [-0.05, 0) is 12.8 Å². The summed E-state index contributed by atoms with van der Waals surface area (Å²) in [5, 5.41) is 7.00. The standard InChI is InChI=1S/C13H19N3O4S/c1-16-11-4-6-21(18,19)8-10(11)12(15-16)13(17)14-7-9-3-2-5-20-9/h9H,2-8H2,1H3,(H,14,17)/t9-/m1/s1. The van der Waals surface area contributed by atoms with Crippen LogP contribution in [0.25, 0.3) is 0 Å². The fourth-order valence-electron chi connectivity index (χ4n) is 2.89. The maximum Gasteiger partial charge on any atom is 0.272 e. The first-order valence-corrected chi connectivity index (χ1v) is 8.93. The Morgan fingerprint density at radius 1 is 1.52 bits per heavy atom. The highest BCUT2D eigenvalue weighted by molar-refractivity contribution is 7.90. The number of carbonyl (C=O) groups excluding carboxylic acids is 1. The molecule has 1 fully saturated rings. The lowest BCUT2D eigenvalue weighted by molar-refractivity contribution is 0.0852. The number of hydrogen-bond acceptors (Lipinski definition) is 5. The topological polar surface area (TPSA) is 90.3 Å². The fourth-order valence-corrected chi connectivity index (χ4v) is 4.28. The molecule has 8 heteroatoms. The summed E-state index contributed by atoms with van der Waals surface area (Å²) in [6.45, 7) is 1.18. The van der Waals surface area contributed by atoms with E-state index in [1.54, 1.807) is 11.7 Å². The molecule has 1 amide bonds. The number of aryl methyl sites for hydroxylation is 1. The highest BCUT2D eigenvalue weighted by Crippen LogP contribution is 2.23. The van der Waals surface area contributed by atoms with Crippen molar-refractivity contribution in [2.24, 2.45) is 7.05 Å². The zero-order chi connectivity index (χ0) is 15.0. The van der Waals surface area contributed by atoms with Gasteiger partial charge in [-0.2, -0.15) is 5.10 Å². The van der Waals surface area contributed by atoms with Crippen molar-refractivity contribution in [2.45, 2.75) is 31.1 Å². The molecule has 2 aliphatic rings. The van der Waals surface area contributed by atoms with Crippen molar-refractivity contribution in [3.8, 4) is 0 Å². The van der Waals surface area contributed by atoms with E-state index in [1.807, 2.05) is 0 Å². The molecule has 0 saturated carbocycles. The van der Waals surface area contributed by atoms with E-state index in [0.29, 0.717) is 18.5 Å². The van der Waals surface area contributed by atoms with E-state index in [0.717, 1.165) is 25.1 Å². The second-order valence-corrected chi connectivity index (χ2v) is 7.77. The Morgan fingerprint density at radius 3 is 3.05 bits per heavy atom. The summed E-state index contributed by atoms with van der Waals surface area (Å²) in [7, 11) is -1.38. The predicted molar refractivity (Wildman–Crippen MR) is 75.7 cm³/mol. The van der Waals surface area contributed by atoms with Gasteiger partial charge in [0.15, 0.2) is 15.5 Å². The Hall–Kier alpha value is -1.41. The van der Waals surface area contributed by atoms with Crippen LogP contribution < -0.4 is 5.32 Å². The second-order valence-electron chi connectivity index (χ2n) is 5.58. The lowest BCUT2D eigenvalue weighted by Gasteiger charge is -2.14. The van der Waals surface area contributed by atoms with Gasteiger partial charge in [-0.3, -0.25) is 9.48 Å². The van der Waals surface area contributed by atoms with E-state index in [-0.39, 0.29) is 29.2 Å². The number of amides is 1. The average Bonchev–Trinajstić information content (AvgIpc) is 3.03. The van der Waals surface area contributed by atoms with Crippen molar-refractivity contribution in [2.75, 3.05) is 18.9 Å². The molecule has 1 N–H and O–H groups in total. The lowest BCUT2D eigenvalue weighted by Crippen LogP contribution is -2.33. The third-order valence-corrected chi connectivity index (χ3v) is 5.57. The van der Waals surface area contributed by atoms with Gasteiger partial charge in [0, 0.05) is 37.9 Å². The lowest BCUT2D eigenvalue weighted by atomic mass is 10.1.